The van der Waals surface area contributed by atoms with Crippen LogP contribution in [0.5, 0.6) is 0 Å². The quantitative estimate of drug-likeness (QED) is 0.867. The SMILES string of the molecule is CN(CCCc1ccco1)Cc1n[nH]c2c1CCC2. The third-order valence-electron chi connectivity index (χ3n) is 3.85. The van der Waals surface area contributed by atoms with E-state index in [2.05, 4.69) is 22.1 Å². The predicted octanol–water partition coefficient (Wildman–Crippen LogP) is 2.56. The fourth-order valence-electron chi connectivity index (χ4n) is 2.83. The monoisotopic (exact) mass is 259 g/mol. The zero-order valence-corrected chi connectivity index (χ0v) is 11.5. The van der Waals surface area contributed by atoms with Crippen LogP contribution in [0.25, 0.3) is 0 Å². The maximum atomic E-state index is 5.35. The first-order valence-corrected chi connectivity index (χ1v) is 7.09. The van der Waals surface area contributed by atoms with Crippen LogP contribution in [-0.4, -0.2) is 28.7 Å². The second kappa shape index (κ2) is 5.61. The van der Waals surface area contributed by atoms with Gasteiger partial charge < -0.3 is 9.32 Å². The van der Waals surface area contributed by atoms with Gasteiger partial charge in [0.25, 0.3) is 0 Å². The summed E-state index contributed by atoms with van der Waals surface area (Å²) in [5.74, 6) is 1.08. The highest BCUT2D eigenvalue weighted by atomic mass is 16.3. The van der Waals surface area contributed by atoms with Gasteiger partial charge in [0.1, 0.15) is 5.76 Å². The Bertz CT molecular complexity index is 515. The first kappa shape index (κ1) is 12.5. The maximum Gasteiger partial charge on any atom is 0.103 e. The number of aromatic amines is 1. The summed E-state index contributed by atoms with van der Waals surface area (Å²) >= 11 is 0. The summed E-state index contributed by atoms with van der Waals surface area (Å²) in [6.07, 6.45) is 7.52. The summed E-state index contributed by atoms with van der Waals surface area (Å²) in [5, 5.41) is 7.63. The number of H-pyrrole nitrogens is 1. The van der Waals surface area contributed by atoms with Gasteiger partial charge in [-0.1, -0.05) is 0 Å². The van der Waals surface area contributed by atoms with Gasteiger partial charge in [-0.2, -0.15) is 5.10 Å². The number of rotatable bonds is 6. The molecule has 0 radical (unpaired) electrons. The zero-order valence-electron chi connectivity index (χ0n) is 11.5. The molecule has 0 saturated carbocycles. The van der Waals surface area contributed by atoms with Crippen molar-refractivity contribution in [2.24, 2.45) is 0 Å². The Balaban J connectivity index is 1.47. The Hall–Kier alpha value is -1.55. The molecule has 0 bridgehead atoms. The molecule has 0 atom stereocenters. The molecule has 3 rings (SSSR count). The maximum absolute atomic E-state index is 5.35. The molecule has 0 unspecified atom stereocenters. The number of fused-ring (bicyclic) bond motifs is 1. The topological polar surface area (TPSA) is 45.1 Å². The Labute approximate surface area is 113 Å². The summed E-state index contributed by atoms with van der Waals surface area (Å²) in [6.45, 7) is 2.02. The summed E-state index contributed by atoms with van der Waals surface area (Å²) < 4.78 is 5.35. The molecule has 0 fully saturated rings. The lowest BCUT2D eigenvalue weighted by Crippen LogP contribution is -2.20. The van der Waals surface area contributed by atoms with E-state index in [4.69, 9.17) is 4.42 Å². The summed E-state index contributed by atoms with van der Waals surface area (Å²) in [6, 6.07) is 3.99. The highest BCUT2D eigenvalue weighted by Gasteiger charge is 2.18. The molecule has 1 N–H and O–H groups in total. The van der Waals surface area contributed by atoms with Crippen LogP contribution in [0, 0.1) is 0 Å². The zero-order chi connectivity index (χ0) is 13.1. The fourth-order valence-corrected chi connectivity index (χ4v) is 2.83. The van der Waals surface area contributed by atoms with Gasteiger partial charge in [0.15, 0.2) is 0 Å². The first-order chi connectivity index (χ1) is 9.33. The standard InChI is InChI=1S/C15H21N3O/c1-18(9-3-5-12-6-4-10-19-12)11-15-13-7-2-8-14(13)16-17-15/h4,6,10H,2-3,5,7-9,11H2,1H3,(H,16,17). The van der Waals surface area contributed by atoms with Crippen molar-refractivity contribution >= 4 is 0 Å². The molecular formula is C15H21N3O. The van der Waals surface area contributed by atoms with Crippen LogP contribution < -0.4 is 0 Å². The Morgan fingerprint density at radius 2 is 2.37 bits per heavy atom. The Morgan fingerprint density at radius 1 is 1.42 bits per heavy atom. The van der Waals surface area contributed by atoms with E-state index in [0.717, 1.165) is 31.7 Å². The second-order valence-corrected chi connectivity index (χ2v) is 5.40. The van der Waals surface area contributed by atoms with Gasteiger partial charge in [-0.05, 0) is 57.0 Å². The molecule has 2 aromatic heterocycles. The van der Waals surface area contributed by atoms with Crippen molar-refractivity contribution in [2.75, 3.05) is 13.6 Å². The molecule has 2 aromatic rings. The summed E-state index contributed by atoms with van der Waals surface area (Å²) in [4.78, 5) is 2.34. The molecule has 102 valence electrons. The summed E-state index contributed by atoms with van der Waals surface area (Å²) in [5.41, 5.74) is 4.07. The van der Waals surface area contributed by atoms with Crippen molar-refractivity contribution in [3.8, 4) is 0 Å². The van der Waals surface area contributed by atoms with Gasteiger partial charge in [-0.25, -0.2) is 0 Å². The minimum Gasteiger partial charge on any atom is -0.469 e. The van der Waals surface area contributed by atoms with Gasteiger partial charge >= 0.3 is 0 Å². The first-order valence-electron chi connectivity index (χ1n) is 7.09. The smallest absolute Gasteiger partial charge is 0.103 e. The van der Waals surface area contributed by atoms with Crippen LogP contribution in [0.2, 0.25) is 0 Å². The van der Waals surface area contributed by atoms with Crippen molar-refractivity contribution in [1.82, 2.24) is 15.1 Å². The lowest BCUT2D eigenvalue weighted by atomic mass is 10.2. The third-order valence-corrected chi connectivity index (χ3v) is 3.85. The van der Waals surface area contributed by atoms with Crippen LogP contribution in [0.4, 0.5) is 0 Å². The molecule has 0 amide bonds. The number of nitrogens with one attached hydrogen (secondary N) is 1. The van der Waals surface area contributed by atoms with E-state index in [1.807, 2.05) is 12.1 Å². The van der Waals surface area contributed by atoms with Gasteiger partial charge in [0.05, 0.1) is 12.0 Å². The molecule has 0 aliphatic heterocycles. The van der Waals surface area contributed by atoms with Crippen LogP contribution in [-0.2, 0) is 25.8 Å². The van der Waals surface area contributed by atoms with Crippen molar-refractivity contribution in [3.63, 3.8) is 0 Å². The van der Waals surface area contributed by atoms with E-state index in [0.29, 0.717) is 0 Å². The molecule has 0 saturated heterocycles. The third kappa shape index (κ3) is 2.89. The van der Waals surface area contributed by atoms with E-state index in [1.165, 1.54) is 36.2 Å². The van der Waals surface area contributed by atoms with Gasteiger partial charge in [0, 0.05) is 18.7 Å². The lowest BCUT2D eigenvalue weighted by Gasteiger charge is -2.15. The molecule has 1 aliphatic carbocycles. The molecule has 1 aliphatic rings. The number of aryl methyl sites for hydroxylation is 2. The van der Waals surface area contributed by atoms with E-state index in [9.17, 15) is 0 Å². The number of furan rings is 1. The molecule has 0 aromatic carbocycles. The normalized spacial score (nSPS) is 14.2. The molecule has 4 nitrogen and oxygen atoms in total. The van der Waals surface area contributed by atoms with Crippen LogP contribution in [0.3, 0.4) is 0 Å². The molecule has 0 spiro atoms. The minimum absolute atomic E-state index is 0.948. The Kier molecular flexibility index (Phi) is 3.69. The van der Waals surface area contributed by atoms with Gasteiger partial charge in [0.2, 0.25) is 0 Å². The minimum atomic E-state index is 0.948. The molecule has 19 heavy (non-hydrogen) atoms. The van der Waals surface area contributed by atoms with Crippen molar-refractivity contribution in [1.29, 1.82) is 0 Å². The summed E-state index contributed by atoms with van der Waals surface area (Å²) in [7, 11) is 2.16. The van der Waals surface area contributed by atoms with Crippen molar-refractivity contribution in [2.45, 2.75) is 38.6 Å². The van der Waals surface area contributed by atoms with E-state index >= 15 is 0 Å². The number of hydrogen-bond donors (Lipinski definition) is 1. The largest absolute Gasteiger partial charge is 0.469 e. The average molecular weight is 259 g/mol. The van der Waals surface area contributed by atoms with Gasteiger partial charge in [-0.15, -0.1) is 0 Å². The lowest BCUT2D eigenvalue weighted by molar-refractivity contribution is 0.313. The van der Waals surface area contributed by atoms with E-state index in [1.54, 1.807) is 6.26 Å². The van der Waals surface area contributed by atoms with Crippen LogP contribution in [0.1, 0.15) is 35.6 Å². The van der Waals surface area contributed by atoms with Crippen LogP contribution >= 0.6 is 0 Å². The molecular weight excluding hydrogens is 238 g/mol. The van der Waals surface area contributed by atoms with E-state index < -0.39 is 0 Å². The average Bonchev–Trinajstić information content (AvgIpc) is 3.08. The highest BCUT2D eigenvalue weighted by Crippen LogP contribution is 2.23. The van der Waals surface area contributed by atoms with Gasteiger partial charge in [-0.3, -0.25) is 5.10 Å². The Morgan fingerprint density at radius 3 is 3.21 bits per heavy atom. The highest BCUT2D eigenvalue weighted by molar-refractivity contribution is 5.29. The number of hydrogen-bond acceptors (Lipinski definition) is 3. The molecule has 2 heterocycles. The molecule has 4 heteroatoms. The van der Waals surface area contributed by atoms with Crippen LogP contribution in [0.15, 0.2) is 22.8 Å². The van der Waals surface area contributed by atoms with E-state index in [-0.39, 0.29) is 0 Å². The number of nitrogens with zero attached hydrogens (tertiary/aromatic N) is 2. The predicted molar refractivity (Wildman–Crippen MR) is 74.0 cm³/mol. The number of aromatic nitrogens is 2. The second-order valence-electron chi connectivity index (χ2n) is 5.40. The van der Waals surface area contributed by atoms with Crippen molar-refractivity contribution in [3.05, 3.63) is 41.1 Å². The van der Waals surface area contributed by atoms with Crippen molar-refractivity contribution < 1.29 is 4.42 Å². The fraction of sp³-hybridized carbons (Fsp3) is 0.533.